The van der Waals surface area contributed by atoms with Crippen molar-refractivity contribution >= 4 is 34.4 Å². The Morgan fingerprint density at radius 3 is 2.59 bits per heavy atom. The summed E-state index contributed by atoms with van der Waals surface area (Å²) in [6.45, 7) is 3.95. The van der Waals surface area contributed by atoms with Gasteiger partial charge in [-0.25, -0.2) is 4.98 Å². The number of rotatable bonds is 6. The molecule has 0 amide bonds. The van der Waals surface area contributed by atoms with Crippen LogP contribution in [0.15, 0.2) is 29.6 Å². The molecule has 0 saturated carbocycles. The lowest BCUT2D eigenvalue weighted by Gasteiger charge is -2.12. The molecule has 0 aliphatic heterocycles. The van der Waals surface area contributed by atoms with E-state index in [0.29, 0.717) is 5.11 Å². The van der Waals surface area contributed by atoms with Crippen LogP contribution in [0.5, 0.6) is 0 Å². The highest BCUT2D eigenvalue weighted by atomic mass is 32.1. The first kappa shape index (κ1) is 16.9. The first-order valence-electron chi connectivity index (χ1n) is 7.27. The van der Waals surface area contributed by atoms with Gasteiger partial charge in [-0.3, -0.25) is 0 Å². The third-order valence-electron chi connectivity index (χ3n) is 3.13. The highest BCUT2D eigenvalue weighted by Gasteiger charge is 2.03. The molecule has 2 aromatic rings. The van der Waals surface area contributed by atoms with Gasteiger partial charge >= 0.3 is 0 Å². The number of nitrogens with one attached hydrogen (secondary N) is 2. The molecule has 0 bridgehead atoms. The van der Waals surface area contributed by atoms with Crippen LogP contribution in [0, 0.1) is 6.92 Å². The van der Waals surface area contributed by atoms with Crippen LogP contribution < -0.4 is 10.6 Å². The molecule has 2 rings (SSSR count). The Kier molecular flexibility index (Phi) is 6.30. The summed E-state index contributed by atoms with van der Waals surface area (Å²) in [5.41, 5.74) is 3.14. The van der Waals surface area contributed by atoms with Gasteiger partial charge < -0.3 is 15.5 Å². The normalized spacial score (nSPS) is 10.7. The average Bonchev–Trinajstić information content (AvgIpc) is 2.91. The fourth-order valence-corrected chi connectivity index (χ4v) is 2.83. The van der Waals surface area contributed by atoms with E-state index in [1.807, 2.05) is 19.1 Å². The Labute approximate surface area is 141 Å². The zero-order valence-corrected chi connectivity index (χ0v) is 14.9. The van der Waals surface area contributed by atoms with E-state index in [1.165, 1.54) is 0 Å². The van der Waals surface area contributed by atoms with Crippen LogP contribution in [-0.4, -0.2) is 42.2 Å². The number of thiazole rings is 1. The number of thiocarbonyl (C=S) groups is 1. The second-order valence-corrected chi connectivity index (χ2v) is 6.84. The number of aromatic nitrogens is 1. The number of hydrogen-bond acceptors (Lipinski definition) is 4. The van der Waals surface area contributed by atoms with Crippen molar-refractivity contribution < 1.29 is 0 Å². The maximum absolute atomic E-state index is 5.30. The molecule has 4 nitrogen and oxygen atoms in total. The lowest BCUT2D eigenvalue weighted by molar-refractivity contribution is 0.400. The lowest BCUT2D eigenvalue weighted by Crippen LogP contribution is -2.30. The van der Waals surface area contributed by atoms with Gasteiger partial charge in [0.15, 0.2) is 5.11 Å². The molecule has 0 spiro atoms. The second-order valence-electron chi connectivity index (χ2n) is 5.37. The third kappa shape index (κ3) is 5.36. The largest absolute Gasteiger partial charge is 0.362 e. The number of hydrogen-bond donors (Lipinski definition) is 2. The molecule has 2 N–H and O–H groups in total. The van der Waals surface area contributed by atoms with Gasteiger partial charge in [-0.1, -0.05) is 12.1 Å². The van der Waals surface area contributed by atoms with Crippen LogP contribution in [-0.2, 0) is 0 Å². The average molecular weight is 335 g/mol. The molecule has 0 radical (unpaired) electrons. The smallest absolute Gasteiger partial charge is 0.170 e. The molecule has 0 atom stereocenters. The van der Waals surface area contributed by atoms with E-state index in [4.69, 9.17) is 12.2 Å². The third-order valence-corrected chi connectivity index (χ3v) is 4.15. The van der Waals surface area contributed by atoms with Crippen molar-refractivity contribution in [3.05, 3.63) is 34.7 Å². The van der Waals surface area contributed by atoms with Gasteiger partial charge in [0.2, 0.25) is 0 Å². The summed E-state index contributed by atoms with van der Waals surface area (Å²) < 4.78 is 0. The van der Waals surface area contributed by atoms with Gasteiger partial charge in [0, 0.05) is 23.2 Å². The van der Waals surface area contributed by atoms with E-state index in [9.17, 15) is 0 Å². The molecule has 0 saturated heterocycles. The maximum Gasteiger partial charge on any atom is 0.170 e. The summed E-state index contributed by atoms with van der Waals surface area (Å²) in [5, 5.41) is 10.2. The Morgan fingerprint density at radius 2 is 2.00 bits per heavy atom. The van der Waals surface area contributed by atoms with Crippen molar-refractivity contribution in [2.75, 3.05) is 32.5 Å². The predicted octanol–water partition coefficient (Wildman–Crippen LogP) is 3.36. The molecule has 0 fully saturated rings. The fraction of sp³-hybridized carbons (Fsp3) is 0.375. The fourth-order valence-electron chi connectivity index (χ4n) is 1.99. The van der Waals surface area contributed by atoms with E-state index in [2.05, 4.69) is 52.1 Å². The summed E-state index contributed by atoms with van der Waals surface area (Å²) in [6.07, 6.45) is 1.07. The molecule has 0 aliphatic carbocycles. The molecule has 0 unspecified atom stereocenters. The highest BCUT2D eigenvalue weighted by Crippen LogP contribution is 2.22. The minimum Gasteiger partial charge on any atom is -0.362 e. The van der Waals surface area contributed by atoms with Gasteiger partial charge in [-0.15, -0.1) is 11.3 Å². The van der Waals surface area contributed by atoms with Crippen LogP contribution in [0.3, 0.4) is 0 Å². The predicted molar refractivity (Wildman–Crippen MR) is 99.7 cm³/mol. The Hall–Kier alpha value is -1.50. The van der Waals surface area contributed by atoms with E-state index in [1.54, 1.807) is 11.3 Å². The monoisotopic (exact) mass is 334 g/mol. The highest BCUT2D eigenvalue weighted by molar-refractivity contribution is 7.80. The first-order valence-corrected chi connectivity index (χ1v) is 8.55. The SMILES string of the molecule is Cc1nc(-c2ccc(NC(=S)NCCCN(C)C)cc2)cs1. The summed E-state index contributed by atoms with van der Waals surface area (Å²) in [7, 11) is 4.14. The summed E-state index contributed by atoms with van der Waals surface area (Å²) in [4.78, 5) is 6.66. The van der Waals surface area contributed by atoms with Crippen LogP contribution in [0.25, 0.3) is 11.3 Å². The van der Waals surface area contributed by atoms with E-state index >= 15 is 0 Å². The molecule has 1 aromatic heterocycles. The number of aryl methyl sites for hydroxylation is 1. The molecule has 118 valence electrons. The van der Waals surface area contributed by atoms with Crippen molar-refractivity contribution in [2.24, 2.45) is 0 Å². The van der Waals surface area contributed by atoms with Gasteiger partial charge in [0.1, 0.15) is 0 Å². The van der Waals surface area contributed by atoms with E-state index in [0.717, 1.165) is 41.5 Å². The molecule has 1 heterocycles. The van der Waals surface area contributed by atoms with Crippen LogP contribution in [0.2, 0.25) is 0 Å². The van der Waals surface area contributed by atoms with E-state index in [-0.39, 0.29) is 0 Å². The number of nitrogens with zero attached hydrogens (tertiary/aromatic N) is 2. The minimum absolute atomic E-state index is 0.663. The Bertz CT molecular complexity index is 605. The van der Waals surface area contributed by atoms with Crippen molar-refractivity contribution in [3.8, 4) is 11.3 Å². The summed E-state index contributed by atoms with van der Waals surface area (Å²) >= 11 is 6.96. The zero-order valence-electron chi connectivity index (χ0n) is 13.2. The maximum atomic E-state index is 5.30. The van der Waals surface area contributed by atoms with Gasteiger partial charge in [0.05, 0.1) is 10.7 Å². The van der Waals surface area contributed by atoms with Crippen molar-refractivity contribution in [1.82, 2.24) is 15.2 Å². The molecular formula is C16H22N4S2. The van der Waals surface area contributed by atoms with Crippen LogP contribution >= 0.6 is 23.6 Å². The summed E-state index contributed by atoms with van der Waals surface area (Å²) in [6, 6.07) is 8.17. The Morgan fingerprint density at radius 1 is 1.27 bits per heavy atom. The molecule has 22 heavy (non-hydrogen) atoms. The molecule has 0 aliphatic rings. The zero-order chi connectivity index (χ0) is 15.9. The lowest BCUT2D eigenvalue weighted by atomic mass is 10.1. The van der Waals surface area contributed by atoms with Crippen molar-refractivity contribution in [3.63, 3.8) is 0 Å². The second kappa shape index (κ2) is 8.22. The van der Waals surface area contributed by atoms with Gasteiger partial charge in [-0.2, -0.15) is 0 Å². The molecule has 6 heteroatoms. The van der Waals surface area contributed by atoms with Gasteiger partial charge in [-0.05, 0) is 58.3 Å². The van der Waals surface area contributed by atoms with Crippen LogP contribution in [0.1, 0.15) is 11.4 Å². The quantitative estimate of drug-likeness (QED) is 0.626. The minimum atomic E-state index is 0.663. The number of anilines is 1. The molecule has 1 aromatic carbocycles. The van der Waals surface area contributed by atoms with Crippen molar-refractivity contribution in [1.29, 1.82) is 0 Å². The Balaban J connectivity index is 1.82. The molecular weight excluding hydrogens is 312 g/mol. The van der Waals surface area contributed by atoms with Crippen molar-refractivity contribution in [2.45, 2.75) is 13.3 Å². The summed E-state index contributed by atoms with van der Waals surface area (Å²) in [5.74, 6) is 0. The van der Waals surface area contributed by atoms with Crippen LogP contribution in [0.4, 0.5) is 5.69 Å². The topological polar surface area (TPSA) is 40.2 Å². The van der Waals surface area contributed by atoms with Gasteiger partial charge in [0.25, 0.3) is 0 Å². The number of benzene rings is 1. The van der Waals surface area contributed by atoms with E-state index < -0.39 is 0 Å². The standard InChI is InChI=1S/C16H22N4S2/c1-12-18-15(11-22-12)13-5-7-14(8-6-13)19-16(21)17-9-4-10-20(2)3/h5-8,11H,4,9-10H2,1-3H3,(H2,17,19,21). The first-order chi connectivity index (χ1) is 10.5.